The van der Waals surface area contributed by atoms with E-state index in [2.05, 4.69) is 5.32 Å². The summed E-state index contributed by atoms with van der Waals surface area (Å²) in [5, 5.41) is 10.0. The second-order valence-corrected chi connectivity index (χ2v) is 6.91. The van der Waals surface area contributed by atoms with Gasteiger partial charge in [0.25, 0.3) is 0 Å². The van der Waals surface area contributed by atoms with E-state index in [1.54, 1.807) is 39.0 Å². The first-order valence-corrected chi connectivity index (χ1v) is 7.42. The van der Waals surface area contributed by atoms with Gasteiger partial charge in [0.2, 0.25) is 0 Å². The van der Waals surface area contributed by atoms with Crippen molar-refractivity contribution in [3.05, 3.63) is 36.0 Å². The smallest absolute Gasteiger partial charge is 0.182 e. The van der Waals surface area contributed by atoms with Crippen molar-refractivity contribution in [2.45, 2.75) is 30.9 Å². The summed E-state index contributed by atoms with van der Waals surface area (Å²) in [6.07, 6.45) is 1.30. The Balaban J connectivity index is 3.22. The lowest BCUT2D eigenvalue weighted by atomic mass is 10.2. The Bertz CT molecular complexity index is 604. The number of anilines is 1. The van der Waals surface area contributed by atoms with Gasteiger partial charge in [0.1, 0.15) is 5.84 Å². The Morgan fingerprint density at radius 1 is 1.37 bits per heavy atom. The minimum atomic E-state index is -3.40. The number of para-hydroxylation sites is 1. The van der Waals surface area contributed by atoms with Crippen LogP contribution in [-0.2, 0) is 9.84 Å². The zero-order valence-electron chi connectivity index (χ0n) is 11.3. The predicted molar refractivity (Wildman–Crippen MR) is 78.1 cm³/mol. The van der Waals surface area contributed by atoms with Crippen LogP contribution in [0.25, 0.3) is 0 Å². The lowest BCUT2D eigenvalue weighted by Crippen LogP contribution is -2.19. The standard InChI is InChI=1S/C13H19N3O2S/c1-9(2)19(17,18)12-7-5-4-6-11(12)16-13(15)10(3)8-14/h4-9H,14H2,1-3H3,(H2,15,16)/b10-8-. The third kappa shape index (κ3) is 3.35. The second kappa shape index (κ2) is 5.88. The van der Waals surface area contributed by atoms with Crippen molar-refractivity contribution in [3.63, 3.8) is 0 Å². The molecule has 1 aromatic carbocycles. The van der Waals surface area contributed by atoms with E-state index in [-0.39, 0.29) is 10.7 Å². The number of nitrogens with one attached hydrogen (secondary N) is 2. The number of rotatable bonds is 4. The van der Waals surface area contributed by atoms with E-state index in [1.165, 1.54) is 12.3 Å². The largest absolute Gasteiger partial charge is 0.404 e. The number of hydrogen-bond donors (Lipinski definition) is 3. The average Bonchev–Trinajstić information content (AvgIpc) is 2.37. The molecule has 0 saturated carbocycles. The summed E-state index contributed by atoms with van der Waals surface area (Å²) in [6.45, 7) is 4.93. The van der Waals surface area contributed by atoms with E-state index < -0.39 is 15.1 Å². The molecule has 0 saturated heterocycles. The summed E-state index contributed by atoms with van der Waals surface area (Å²) >= 11 is 0. The van der Waals surface area contributed by atoms with Crippen molar-refractivity contribution in [1.82, 2.24) is 0 Å². The summed E-state index contributed by atoms with van der Waals surface area (Å²) < 4.78 is 24.4. The van der Waals surface area contributed by atoms with Crippen molar-refractivity contribution < 1.29 is 8.42 Å². The van der Waals surface area contributed by atoms with Crippen LogP contribution in [-0.4, -0.2) is 19.5 Å². The van der Waals surface area contributed by atoms with E-state index in [9.17, 15) is 8.42 Å². The van der Waals surface area contributed by atoms with E-state index in [0.29, 0.717) is 11.3 Å². The monoisotopic (exact) mass is 281 g/mol. The van der Waals surface area contributed by atoms with Crippen molar-refractivity contribution in [2.24, 2.45) is 5.73 Å². The molecule has 104 valence electrons. The maximum atomic E-state index is 12.2. The number of hydrogen-bond acceptors (Lipinski definition) is 4. The van der Waals surface area contributed by atoms with Gasteiger partial charge >= 0.3 is 0 Å². The maximum absolute atomic E-state index is 12.2. The second-order valence-electron chi connectivity index (χ2n) is 4.44. The zero-order chi connectivity index (χ0) is 14.6. The molecular weight excluding hydrogens is 262 g/mol. The van der Waals surface area contributed by atoms with Gasteiger partial charge in [0, 0.05) is 11.8 Å². The molecule has 0 radical (unpaired) electrons. The Morgan fingerprint density at radius 2 is 1.95 bits per heavy atom. The first kappa shape index (κ1) is 15.2. The molecule has 0 spiro atoms. The third-order valence-corrected chi connectivity index (χ3v) is 4.93. The summed E-state index contributed by atoms with van der Waals surface area (Å²) in [5.74, 6) is 0.0777. The van der Waals surface area contributed by atoms with Crippen molar-refractivity contribution in [2.75, 3.05) is 5.32 Å². The SMILES string of the molecule is C/C(=C/N)C(=N)Nc1ccccc1S(=O)(=O)C(C)C. The highest BCUT2D eigenvalue weighted by atomic mass is 32.2. The van der Waals surface area contributed by atoms with Gasteiger partial charge in [-0.2, -0.15) is 0 Å². The number of amidine groups is 1. The summed E-state index contributed by atoms with van der Waals surface area (Å²) in [7, 11) is -3.40. The van der Waals surface area contributed by atoms with Gasteiger partial charge in [0.15, 0.2) is 9.84 Å². The Kier molecular flexibility index (Phi) is 4.72. The Hall–Kier alpha value is -1.82. The van der Waals surface area contributed by atoms with Crippen LogP contribution in [0.4, 0.5) is 5.69 Å². The van der Waals surface area contributed by atoms with Crippen molar-refractivity contribution in [1.29, 1.82) is 5.41 Å². The normalized spacial score (nSPS) is 12.5. The van der Waals surface area contributed by atoms with Gasteiger partial charge in [-0.15, -0.1) is 0 Å². The molecule has 0 atom stereocenters. The van der Waals surface area contributed by atoms with Crippen LogP contribution in [0.3, 0.4) is 0 Å². The molecule has 0 aromatic heterocycles. The lowest BCUT2D eigenvalue weighted by Gasteiger charge is -2.15. The Labute approximate surface area is 113 Å². The molecule has 4 N–H and O–H groups in total. The molecule has 6 heteroatoms. The van der Waals surface area contributed by atoms with Gasteiger partial charge < -0.3 is 11.1 Å². The first-order chi connectivity index (χ1) is 8.80. The van der Waals surface area contributed by atoms with Crippen LogP contribution in [0.2, 0.25) is 0 Å². The van der Waals surface area contributed by atoms with Crippen LogP contribution >= 0.6 is 0 Å². The van der Waals surface area contributed by atoms with Crippen LogP contribution in [0.15, 0.2) is 40.9 Å². The van der Waals surface area contributed by atoms with Crippen LogP contribution in [0.5, 0.6) is 0 Å². The zero-order valence-corrected chi connectivity index (χ0v) is 12.1. The van der Waals surface area contributed by atoms with Gasteiger partial charge in [0.05, 0.1) is 15.8 Å². The molecule has 0 aliphatic heterocycles. The molecule has 0 amide bonds. The number of benzene rings is 1. The highest BCUT2D eigenvalue weighted by molar-refractivity contribution is 7.92. The fourth-order valence-corrected chi connectivity index (χ4v) is 2.59. The summed E-state index contributed by atoms with van der Waals surface area (Å²) in [6, 6.07) is 6.55. The summed E-state index contributed by atoms with van der Waals surface area (Å²) in [5.41, 5.74) is 6.27. The van der Waals surface area contributed by atoms with Crippen molar-refractivity contribution in [3.8, 4) is 0 Å². The van der Waals surface area contributed by atoms with E-state index in [1.807, 2.05) is 0 Å². The highest BCUT2D eigenvalue weighted by Gasteiger charge is 2.22. The molecule has 1 rings (SSSR count). The molecule has 0 aliphatic carbocycles. The fraction of sp³-hybridized carbons (Fsp3) is 0.308. The molecule has 5 nitrogen and oxygen atoms in total. The van der Waals surface area contributed by atoms with Gasteiger partial charge in [-0.1, -0.05) is 12.1 Å². The fourth-order valence-electron chi connectivity index (χ4n) is 1.39. The molecule has 0 heterocycles. The molecule has 1 aromatic rings. The van der Waals surface area contributed by atoms with Crippen LogP contribution in [0.1, 0.15) is 20.8 Å². The number of nitrogens with two attached hydrogens (primary N) is 1. The lowest BCUT2D eigenvalue weighted by molar-refractivity contribution is 0.588. The third-order valence-electron chi connectivity index (χ3n) is 2.72. The predicted octanol–water partition coefficient (Wildman–Crippen LogP) is 2.12. The van der Waals surface area contributed by atoms with Gasteiger partial charge in [-0.05, 0) is 32.9 Å². The molecular formula is C13H19N3O2S. The van der Waals surface area contributed by atoms with Gasteiger partial charge in [-0.3, -0.25) is 5.41 Å². The molecule has 0 fully saturated rings. The first-order valence-electron chi connectivity index (χ1n) is 5.88. The average molecular weight is 281 g/mol. The molecule has 0 aliphatic rings. The molecule has 0 unspecified atom stereocenters. The maximum Gasteiger partial charge on any atom is 0.182 e. The topological polar surface area (TPSA) is 96.0 Å². The molecule has 19 heavy (non-hydrogen) atoms. The van der Waals surface area contributed by atoms with E-state index in [4.69, 9.17) is 11.1 Å². The highest BCUT2D eigenvalue weighted by Crippen LogP contribution is 2.25. The molecule has 0 bridgehead atoms. The van der Waals surface area contributed by atoms with Crippen molar-refractivity contribution >= 4 is 21.4 Å². The van der Waals surface area contributed by atoms with Gasteiger partial charge in [-0.25, -0.2) is 8.42 Å². The Morgan fingerprint density at radius 3 is 2.47 bits per heavy atom. The minimum Gasteiger partial charge on any atom is -0.404 e. The van der Waals surface area contributed by atoms with Crippen LogP contribution in [0, 0.1) is 5.41 Å². The minimum absolute atomic E-state index is 0.0777. The quantitative estimate of drug-likeness (QED) is 0.582. The number of sulfone groups is 1. The van der Waals surface area contributed by atoms with E-state index in [0.717, 1.165) is 0 Å². The summed E-state index contributed by atoms with van der Waals surface area (Å²) in [4.78, 5) is 0.194. The van der Waals surface area contributed by atoms with E-state index >= 15 is 0 Å². The van der Waals surface area contributed by atoms with Crippen LogP contribution < -0.4 is 11.1 Å².